The van der Waals surface area contributed by atoms with E-state index < -0.39 is 0 Å². The number of carbonyl (C=O) groups is 1. The van der Waals surface area contributed by atoms with Crippen molar-refractivity contribution in [2.75, 3.05) is 11.9 Å². The minimum atomic E-state index is -0.358. The second-order valence-corrected chi connectivity index (χ2v) is 11.7. The number of benzene rings is 4. The number of aryl methyl sites for hydroxylation is 1. The van der Waals surface area contributed by atoms with Gasteiger partial charge in [-0.3, -0.25) is 4.79 Å². The van der Waals surface area contributed by atoms with Crippen molar-refractivity contribution >= 4 is 69.1 Å². The van der Waals surface area contributed by atoms with E-state index in [0.717, 1.165) is 27.6 Å². The highest BCUT2D eigenvalue weighted by Gasteiger charge is 2.14. The maximum Gasteiger partial charge on any atom is 0.271 e. The molecule has 7 nitrogen and oxygen atoms in total. The molecular weight excluding hydrogens is 639 g/mol. The highest BCUT2D eigenvalue weighted by molar-refractivity contribution is 7.14. The number of ether oxygens (including phenoxy) is 2. The van der Waals surface area contributed by atoms with Crippen LogP contribution in [-0.2, 0) is 6.61 Å². The van der Waals surface area contributed by atoms with Crippen molar-refractivity contribution in [3.05, 3.63) is 122 Å². The van der Waals surface area contributed by atoms with E-state index in [0.29, 0.717) is 44.3 Å². The summed E-state index contributed by atoms with van der Waals surface area (Å²) in [6.45, 7) is 4.47. The fourth-order valence-electron chi connectivity index (χ4n) is 4.10. The summed E-state index contributed by atoms with van der Waals surface area (Å²) in [5, 5.41) is 11.5. The molecule has 5 rings (SSSR count). The Kier molecular flexibility index (Phi) is 10.4. The van der Waals surface area contributed by atoms with Crippen molar-refractivity contribution in [3.8, 4) is 22.8 Å². The molecule has 4 aromatic carbocycles. The first-order valence-corrected chi connectivity index (χ1v) is 15.6. The van der Waals surface area contributed by atoms with Crippen LogP contribution in [0.15, 0.2) is 89.3 Å². The number of hydrogen-bond acceptors (Lipinski definition) is 7. The molecule has 0 spiro atoms. The number of carbonyl (C=O) groups excluding carboxylic acids is 1. The molecule has 1 amide bonds. The summed E-state index contributed by atoms with van der Waals surface area (Å²) < 4.78 is 11.7. The summed E-state index contributed by atoms with van der Waals surface area (Å²) in [7, 11) is 0. The zero-order valence-corrected chi connectivity index (χ0v) is 26.8. The zero-order valence-electron chi connectivity index (χ0n) is 23.7. The summed E-state index contributed by atoms with van der Waals surface area (Å²) in [5.74, 6) is 0.454. The van der Waals surface area contributed by atoms with Crippen LogP contribution in [0.2, 0.25) is 15.1 Å². The van der Waals surface area contributed by atoms with Crippen molar-refractivity contribution in [3.63, 3.8) is 0 Å². The van der Waals surface area contributed by atoms with Gasteiger partial charge in [0.25, 0.3) is 5.91 Å². The molecule has 0 radical (unpaired) electrons. The summed E-state index contributed by atoms with van der Waals surface area (Å²) in [5.41, 5.74) is 8.27. The second-order valence-electron chi connectivity index (χ2n) is 9.59. The first-order chi connectivity index (χ1) is 21.3. The maximum atomic E-state index is 12.7. The van der Waals surface area contributed by atoms with Crippen LogP contribution in [-0.4, -0.2) is 23.7 Å². The molecule has 0 aliphatic heterocycles. The molecule has 0 bridgehead atoms. The van der Waals surface area contributed by atoms with Crippen LogP contribution < -0.4 is 20.2 Å². The van der Waals surface area contributed by atoms with Gasteiger partial charge in [-0.25, -0.2) is 10.4 Å². The minimum Gasteiger partial charge on any atom is -0.490 e. The first kappa shape index (κ1) is 31.3. The molecule has 1 aromatic heterocycles. The lowest BCUT2D eigenvalue weighted by Crippen LogP contribution is -2.17. The van der Waals surface area contributed by atoms with E-state index in [1.807, 2.05) is 55.6 Å². The SMILES string of the molecule is CCOc1cc(/C=N\NC(=O)c2ccc(-c3csc(Nc4ccc(C)cc4)n3)cc2)cc(Cl)c1OCc1ccc(Cl)cc1Cl. The van der Waals surface area contributed by atoms with E-state index in [9.17, 15) is 4.79 Å². The van der Waals surface area contributed by atoms with Crippen molar-refractivity contribution in [1.29, 1.82) is 0 Å². The lowest BCUT2D eigenvalue weighted by Gasteiger charge is -2.15. The third kappa shape index (κ3) is 8.09. The molecule has 224 valence electrons. The smallest absolute Gasteiger partial charge is 0.271 e. The number of hydrazone groups is 1. The number of thiazole rings is 1. The standard InChI is InChI=1S/C33H27Cl3N4O3S/c1-3-42-30-15-21(14-28(36)31(30)43-18-24-10-11-25(34)16-27(24)35)17-37-40-32(41)23-8-6-22(7-9-23)29-19-44-33(39-29)38-26-12-4-20(2)5-13-26/h4-17,19H,3,18H2,1-2H3,(H,38,39)(H,40,41)/b37-17-. The van der Waals surface area contributed by atoms with Crippen molar-refractivity contribution in [1.82, 2.24) is 10.4 Å². The largest absolute Gasteiger partial charge is 0.490 e. The molecule has 11 heteroatoms. The summed E-state index contributed by atoms with van der Waals surface area (Å²) >= 11 is 20.3. The van der Waals surface area contributed by atoms with Crippen molar-refractivity contribution in [2.24, 2.45) is 5.10 Å². The molecule has 0 aliphatic carbocycles. The van der Waals surface area contributed by atoms with Gasteiger partial charge in [0.05, 0.1) is 23.5 Å². The van der Waals surface area contributed by atoms with E-state index in [-0.39, 0.29) is 12.5 Å². The van der Waals surface area contributed by atoms with Gasteiger partial charge in [0.2, 0.25) is 0 Å². The van der Waals surface area contributed by atoms with Gasteiger partial charge in [0.1, 0.15) is 6.61 Å². The third-order valence-corrected chi connectivity index (χ3v) is 7.97. The summed E-state index contributed by atoms with van der Waals surface area (Å²) in [4.78, 5) is 17.4. The molecule has 0 atom stereocenters. The Morgan fingerprint density at radius 2 is 1.73 bits per heavy atom. The minimum absolute atomic E-state index is 0.173. The van der Waals surface area contributed by atoms with Crippen LogP contribution in [0.1, 0.15) is 34.0 Å². The third-order valence-electron chi connectivity index (χ3n) is 6.35. The summed E-state index contributed by atoms with van der Waals surface area (Å²) in [6, 6.07) is 23.9. The Morgan fingerprint density at radius 1 is 0.955 bits per heavy atom. The molecule has 0 saturated heterocycles. The predicted octanol–water partition coefficient (Wildman–Crippen LogP) is 9.56. The van der Waals surface area contributed by atoms with Gasteiger partial charge in [-0.15, -0.1) is 11.3 Å². The molecule has 44 heavy (non-hydrogen) atoms. The second kappa shape index (κ2) is 14.6. The Bertz CT molecular complexity index is 1790. The monoisotopic (exact) mass is 664 g/mol. The Hall–Kier alpha value is -4.08. The van der Waals surface area contributed by atoms with E-state index in [1.165, 1.54) is 23.1 Å². The highest BCUT2D eigenvalue weighted by atomic mass is 35.5. The molecule has 0 unspecified atom stereocenters. The molecule has 0 aliphatic rings. The fourth-order valence-corrected chi connectivity index (χ4v) is 5.58. The maximum absolute atomic E-state index is 12.7. The number of hydrogen-bond donors (Lipinski definition) is 2. The van der Waals surface area contributed by atoms with Gasteiger partial charge in [0.15, 0.2) is 16.6 Å². The number of halogens is 3. The van der Waals surface area contributed by atoms with E-state index >= 15 is 0 Å². The Balaban J connectivity index is 1.20. The normalized spacial score (nSPS) is 11.0. The number of anilines is 2. The van der Waals surface area contributed by atoms with E-state index in [1.54, 1.807) is 42.5 Å². The number of aromatic nitrogens is 1. The fraction of sp³-hybridized carbons (Fsp3) is 0.121. The average Bonchev–Trinajstić information content (AvgIpc) is 3.47. The molecule has 0 saturated carbocycles. The molecule has 2 N–H and O–H groups in total. The average molecular weight is 666 g/mol. The summed E-state index contributed by atoms with van der Waals surface area (Å²) in [6.07, 6.45) is 1.48. The van der Waals surface area contributed by atoms with Gasteiger partial charge in [-0.1, -0.05) is 70.7 Å². The molecule has 0 fully saturated rings. The highest BCUT2D eigenvalue weighted by Crippen LogP contribution is 2.37. The first-order valence-electron chi connectivity index (χ1n) is 13.5. The van der Waals surface area contributed by atoms with Crippen LogP contribution in [0.4, 0.5) is 10.8 Å². The van der Waals surface area contributed by atoms with Crippen LogP contribution in [0, 0.1) is 6.92 Å². The lowest BCUT2D eigenvalue weighted by molar-refractivity contribution is 0.0955. The van der Waals surface area contributed by atoms with Crippen LogP contribution in [0.5, 0.6) is 11.5 Å². The zero-order chi connectivity index (χ0) is 31.1. The number of rotatable bonds is 11. The van der Waals surface area contributed by atoms with E-state index in [4.69, 9.17) is 44.3 Å². The Morgan fingerprint density at radius 3 is 2.45 bits per heavy atom. The van der Waals surface area contributed by atoms with Gasteiger partial charge in [-0.2, -0.15) is 5.10 Å². The Labute approximate surface area is 274 Å². The van der Waals surface area contributed by atoms with E-state index in [2.05, 4.69) is 20.8 Å². The van der Waals surface area contributed by atoms with Crippen molar-refractivity contribution in [2.45, 2.75) is 20.5 Å². The molecular formula is C33H27Cl3N4O3S. The van der Waals surface area contributed by atoms with Gasteiger partial charge in [-0.05, 0) is 67.9 Å². The van der Waals surface area contributed by atoms with Crippen LogP contribution in [0.25, 0.3) is 11.3 Å². The number of amides is 1. The topological polar surface area (TPSA) is 84.8 Å². The van der Waals surface area contributed by atoms with Crippen LogP contribution >= 0.6 is 46.1 Å². The quantitative estimate of drug-likeness (QED) is 0.108. The number of nitrogens with zero attached hydrogens (tertiary/aromatic N) is 2. The van der Waals surface area contributed by atoms with Gasteiger partial charge < -0.3 is 14.8 Å². The van der Waals surface area contributed by atoms with Gasteiger partial charge >= 0.3 is 0 Å². The van der Waals surface area contributed by atoms with Crippen molar-refractivity contribution < 1.29 is 14.3 Å². The van der Waals surface area contributed by atoms with Crippen LogP contribution in [0.3, 0.4) is 0 Å². The lowest BCUT2D eigenvalue weighted by atomic mass is 10.1. The number of nitrogens with one attached hydrogen (secondary N) is 2. The predicted molar refractivity (Wildman–Crippen MR) is 180 cm³/mol. The van der Waals surface area contributed by atoms with Gasteiger partial charge in [0, 0.05) is 37.8 Å². The molecule has 5 aromatic rings. The molecule has 1 heterocycles.